The van der Waals surface area contributed by atoms with E-state index in [1.165, 1.54) is 37.7 Å². The number of nitrogens with two attached hydrogens (primary N) is 1. The van der Waals surface area contributed by atoms with Gasteiger partial charge in [-0.3, -0.25) is 0 Å². The highest BCUT2D eigenvalue weighted by Gasteiger charge is 2.49. The van der Waals surface area contributed by atoms with Gasteiger partial charge in [-0.15, -0.1) is 0 Å². The van der Waals surface area contributed by atoms with Crippen molar-refractivity contribution in [3.8, 4) is 0 Å². The SMILES string of the molecule is NCc1occc1C1C2CC3CC(C2)CC1C3. The summed E-state index contributed by atoms with van der Waals surface area (Å²) in [6.07, 6.45) is 9.22. The second-order valence-electron chi connectivity index (χ2n) is 6.46. The Kier molecular flexibility index (Phi) is 2.17. The fraction of sp³-hybridized carbons (Fsp3) is 0.733. The molecule has 1 heterocycles. The summed E-state index contributed by atoms with van der Waals surface area (Å²) in [5.74, 6) is 5.75. The van der Waals surface area contributed by atoms with E-state index in [1.807, 2.05) is 6.26 Å². The maximum atomic E-state index is 5.79. The number of rotatable bonds is 2. The zero-order valence-corrected chi connectivity index (χ0v) is 10.3. The Morgan fingerprint density at radius 2 is 1.71 bits per heavy atom. The fourth-order valence-electron chi connectivity index (χ4n) is 5.25. The zero-order valence-electron chi connectivity index (χ0n) is 10.3. The third-order valence-corrected chi connectivity index (χ3v) is 5.55. The Balaban J connectivity index is 1.70. The lowest BCUT2D eigenvalue weighted by atomic mass is 9.51. The molecular weight excluding hydrogens is 210 g/mol. The lowest BCUT2D eigenvalue weighted by Gasteiger charge is -2.54. The van der Waals surface area contributed by atoms with Crippen molar-refractivity contribution < 1.29 is 4.42 Å². The number of furan rings is 1. The van der Waals surface area contributed by atoms with E-state index in [1.54, 1.807) is 0 Å². The third-order valence-electron chi connectivity index (χ3n) is 5.55. The molecule has 4 aliphatic rings. The van der Waals surface area contributed by atoms with Gasteiger partial charge in [-0.05, 0) is 73.3 Å². The van der Waals surface area contributed by atoms with Crippen molar-refractivity contribution in [1.82, 2.24) is 0 Å². The van der Waals surface area contributed by atoms with Crippen molar-refractivity contribution in [2.75, 3.05) is 0 Å². The van der Waals surface area contributed by atoms with Gasteiger partial charge in [-0.25, -0.2) is 0 Å². The van der Waals surface area contributed by atoms with Crippen molar-refractivity contribution in [1.29, 1.82) is 0 Å². The van der Waals surface area contributed by atoms with Crippen molar-refractivity contribution in [3.05, 3.63) is 23.7 Å². The Labute approximate surface area is 103 Å². The molecule has 92 valence electrons. The molecule has 4 aliphatic carbocycles. The van der Waals surface area contributed by atoms with Crippen LogP contribution in [-0.4, -0.2) is 0 Å². The fourth-order valence-corrected chi connectivity index (χ4v) is 5.25. The number of hydrogen-bond donors (Lipinski definition) is 1. The molecule has 0 saturated heterocycles. The molecule has 2 heteroatoms. The number of hydrogen-bond acceptors (Lipinski definition) is 2. The van der Waals surface area contributed by atoms with Crippen LogP contribution in [0.4, 0.5) is 0 Å². The summed E-state index contributed by atoms with van der Waals surface area (Å²) in [5.41, 5.74) is 7.24. The standard InChI is InChI=1S/C15H21NO/c16-8-14-13(1-2-17-14)15-11-4-9-3-10(6-11)7-12(15)5-9/h1-2,9-12,15H,3-8,16H2. The van der Waals surface area contributed by atoms with Crippen LogP contribution in [-0.2, 0) is 6.54 Å². The lowest BCUT2D eigenvalue weighted by Crippen LogP contribution is -2.43. The topological polar surface area (TPSA) is 39.2 Å². The minimum Gasteiger partial charge on any atom is -0.468 e. The molecule has 1 aromatic heterocycles. The highest BCUT2D eigenvalue weighted by atomic mass is 16.3. The van der Waals surface area contributed by atoms with Crippen molar-refractivity contribution >= 4 is 0 Å². The molecule has 1 aromatic rings. The first kappa shape index (κ1) is 10.2. The molecule has 0 unspecified atom stereocenters. The van der Waals surface area contributed by atoms with Crippen LogP contribution in [0.3, 0.4) is 0 Å². The zero-order chi connectivity index (χ0) is 11.4. The lowest BCUT2D eigenvalue weighted by molar-refractivity contribution is -0.00332. The molecule has 17 heavy (non-hydrogen) atoms. The van der Waals surface area contributed by atoms with Gasteiger partial charge in [0.15, 0.2) is 0 Å². The van der Waals surface area contributed by atoms with Crippen LogP contribution in [0, 0.1) is 23.7 Å². The highest BCUT2D eigenvalue weighted by molar-refractivity contribution is 5.26. The molecule has 0 radical (unpaired) electrons. The maximum absolute atomic E-state index is 5.79. The summed E-state index contributed by atoms with van der Waals surface area (Å²) in [5, 5.41) is 0. The van der Waals surface area contributed by atoms with Gasteiger partial charge in [0.2, 0.25) is 0 Å². The summed E-state index contributed by atoms with van der Waals surface area (Å²) in [4.78, 5) is 0. The quantitative estimate of drug-likeness (QED) is 0.848. The second kappa shape index (κ2) is 3.61. The van der Waals surface area contributed by atoms with Gasteiger partial charge in [0, 0.05) is 0 Å². The Bertz CT molecular complexity index is 394. The van der Waals surface area contributed by atoms with Crippen molar-refractivity contribution in [2.24, 2.45) is 29.4 Å². The van der Waals surface area contributed by atoms with E-state index in [-0.39, 0.29) is 0 Å². The molecule has 4 saturated carbocycles. The third kappa shape index (κ3) is 1.43. The van der Waals surface area contributed by atoms with Crippen molar-refractivity contribution in [3.63, 3.8) is 0 Å². The van der Waals surface area contributed by atoms with E-state index in [4.69, 9.17) is 10.2 Å². The van der Waals surface area contributed by atoms with Gasteiger partial charge in [0.05, 0.1) is 12.8 Å². The second-order valence-corrected chi connectivity index (χ2v) is 6.46. The summed E-state index contributed by atoms with van der Waals surface area (Å²) < 4.78 is 5.55. The Hall–Kier alpha value is -0.760. The first-order valence-electron chi connectivity index (χ1n) is 7.11. The van der Waals surface area contributed by atoms with E-state index in [0.29, 0.717) is 6.54 Å². The van der Waals surface area contributed by atoms with Crippen LogP contribution in [0.2, 0.25) is 0 Å². The Morgan fingerprint density at radius 3 is 2.29 bits per heavy atom. The smallest absolute Gasteiger partial charge is 0.120 e. The van der Waals surface area contributed by atoms with Crippen LogP contribution in [0.25, 0.3) is 0 Å². The first-order valence-corrected chi connectivity index (χ1v) is 7.11. The normalized spacial score (nSPS) is 43.2. The molecule has 0 atom stereocenters. The average Bonchev–Trinajstić information content (AvgIpc) is 2.75. The molecule has 5 rings (SSSR count). The van der Waals surface area contributed by atoms with Gasteiger partial charge in [-0.1, -0.05) is 0 Å². The molecule has 0 amide bonds. The average molecular weight is 231 g/mol. The summed E-state index contributed by atoms with van der Waals surface area (Å²) in [6, 6.07) is 2.19. The molecule has 4 bridgehead atoms. The van der Waals surface area contributed by atoms with E-state index in [0.717, 1.165) is 35.3 Å². The van der Waals surface area contributed by atoms with Crippen LogP contribution < -0.4 is 5.73 Å². The van der Waals surface area contributed by atoms with Crippen LogP contribution in [0.1, 0.15) is 49.3 Å². The summed E-state index contributed by atoms with van der Waals surface area (Å²) >= 11 is 0. The maximum Gasteiger partial charge on any atom is 0.120 e. The summed E-state index contributed by atoms with van der Waals surface area (Å²) in [6.45, 7) is 0.561. The van der Waals surface area contributed by atoms with Crippen LogP contribution >= 0.6 is 0 Å². The van der Waals surface area contributed by atoms with E-state index in [9.17, 15) is 0 Å². The predicted octanol–water partition coefficient (Wildman–Crippen LogP) is 3.28. The molecule has 0 aliphatic heterocycles. The Morgan fingerprint density at radius 1 is 1.06 bits per heavy atom. The van der Waals surface area contributed by atoms with E-state index < -0.39 is 0 Å². The molecular formula is C15H21NO. The molecule has 0 aromatic carbocycles. The van der Waals surface area contributed by atoms with Gasteiger partial charge < -0.3 is 10.2 Å². The van der Waals surface area contributed by atoms with Gasteiger partial charge in [-0.2, -0.15) is 0 Å². The molecule has 4 fully saturated rings. The van der Waals surface area contributed by atoms with E-state index >= 15 is 0 Å². The first-order chi connectivity index (χ1) is 8.35. The van der Waals surface area contributed by atoms with Crippen LogP contribution in [0.15, 0.2) is 16.7 Å². The van der Waals surface area contributed by atoms with Gasteiger partial charge in [0.25, 0.3) is 0 Å². The minimum atomic E-state index is 0.561. The largest absolute Gasteiger partial charge is 0.468 e. The predicted molar refractivity (Wildman–Crippen MR) is 66.4 cm³/mol. The van der Waals surface area contributed by atoms with Gasteiger partial charge in [0.1, 0.15) is 5.76 Å². The highest BCUT2D eigenvalue weighted by Crippen LogP contribution is 2.60. The molecule has 2 nitrogen and oxygen atoms in total. The monoisotopic (exact) mass is 231 g/mol. The molecule has 0 spiro atoms. The van der Waals surface area contributed by atoms with Crippen molar-refractivity contribution in [2.45, 2.75) is 44.6 Å². The van der Waals surface area contributed by atoms with Gasteiger partial charge >= 0.3 is 0 Å². The summed E-state index contributed by atoms with van der Waals surface area (Å²) in [7, 11) is 0. The van der Waals surface area contributed by atoms with E-state index in [2.05, 4.69) is 6.07 Å². The molecule has 2 N–H and O–H groups in total. The minimum absolute atomic E-state index is 0.561. The van der Waals surface area contributed by atoms with Crippen LogP contribution in [0.5, 0.6) is 0 Å².